The van der Waals surface area contributed by atoms with Crippen LogP contribution in [0.15, 0.2) is 41.0 Å². The number of aryl methyl sites for hydroxylation is 1. The van der Waals surface area contributed by atoms with Crippen molar-refractivity contribution in [2.75, 3.05) is 12.3 Å². The van der Waals surface area contributed by atoms with Gasteiger partial charge in [-0.15, -0.1) is 0 Å². The topological polar surface area (TPSA) is 87.5 Å². The third-order valence-electron chi connectivity index (χ3n) is 4.42. The zero-order valence-corrected chi connectivity index (χ0v) is 16.8. The van der Waals surface area contributed by atoms with Gasteiger partial charge in [-0.1, -0.05) is 23.2 Å². The maximum atomic E-state index is 12.6. The number of benzene rings is 1. The molecule has 0 spiro atoms. The number of carbonyl (C=O) groups is 2. The number of ether oxygens (including phenoxy) is 1. The first-order valence-electron chi connectivity index (χ1n) is 8.42. The van der Waals surface area contributed by atoms with Crippen molar-refractivity contribution in [3.05, 3.63) is 74.9 Å². The second kappa shape index (κ2) is 8.12. The van der Waals surface area contributed by atoms with Crippen LogP contribution < -0.4 is 5.73 Å². The summed E-state index contributed by atoms with van der Waals surface area (Å²) in [6, 6.07) is 8.21. The van der Waals surface area contributed by atoms with Gasteiger partial charge < -0.3 is 19.5 Å². The molecule has 0 saturated carbocycles. The number of anilines is 1. The lowest BCUT2D eigenvalue weighted by Gasteiger charge is -2.09. The lowest BCUT2D eigenvalue weighted by molar-refractivity contribution is 0.0475. The standard InChI is InChI=1S/C20H18Cl2N2O4/c1-11-6-15(12(2)24(11)9-14-4-3-5-27-14)18(25)10-28-20(26)16-7-13(21)8-17(22)19(16)23/h3-8H,9-10,23H2,1-2H3. The Bertz CT molecular complexity index is 1040. The van der Waals surface area contributed by atoms with Crippen LogP contribution in [0, 0.1) is 13.8 Å². The van der Waals surface area contributed by atoms with E-state index in [1.165, 1.54) is 12.1 Å². The van der Waals surface area contributed by atoms with E-state index in [4.69, 9.17) is 38.1 Å². The fourth-order valence-electron chi connectivity index (χ4n) is 2.93. The maximum Gasteiger partial charge on any atom is 0.340 e. The van der Waals surface area contributed by atoms with E-state index in [9.17, 15) is 9.59 Å². The smallest absolute Gasteiger partial charge is 0.340 e. The lowest BCUT2D eigenvalue weighted by Crippen LogP contribution is -2.16. The van der Waals surface area contributed by atoms with Crippen molar-refractivity contribution in [1.29, 1.82) is 0 Å². The van der Waals surface area contributed by atoms with Crippen LogP contribution in [0.3, 0.4) is 0 Å². The molecule has 0 radical (unpaired) electrons. The van der Waals surface area contributed by atoms with Crippen LogP contribution in [0.5, 0.6) is 0 Å². The molecular weight excluding hydrogens is 403 g/mol. The highest BCUT2D eigenvalue weighted by molar-refractivity contribution is 6.37. The second-order valence-electron chi connectivity index (χ2n) is 6.30. The molecule has 8 heteroatoms. The zero-order chi connectivity index (χ0) is 20.4. The van der Waals surface area contributed by atoms with Gasteiger partial charge in [-0.3, -0.25) is 4.79 Å². The van der Waals surface area contributed by atoms with Gasteiger partial charge in [-0.2, -0.15) is 0 Å². The molecule has 1 aromatic carbocycles. The number of rotatable bonds is 6. The maximum absolute atomic E-state index is 12.6. The van der Waals surface area contributed by atoms with E-state index >= 15 is 0 Å². The number of hydrogen-bond acceptors (Lipinski definition) is 5. The number of aromatic nitrogens is 1. The van der Waals surface area contributed by atoms with E-state index in [1.807, 2.05) is 30.5 Å². The monoisotopic (exact) mass is 420 g/mol. The van der Waals surface area contributed by atoms with E-state index in [2.05, 4.69) is 0 Å². The molecule has 2 N–H and O–H groups in total. The SMILES string of the molecule is Cc1cc(C(=O)COC(=O)c2cc(Cl)cc(Cl)c2N)c(C)n1Cc1ccco1. The molecule has 28 heavy (non-hydrogen) atoms. The van der Waals surface area contributed by atoms with Crippen LogP contribution in [0.2, 0.25) is 10.0 Å². The van der Waals surface area contributed by atoms with Crippen LogP contribution in [-0.2, 0) is 11.3 Å². The van der Waals surface area contributed by atoms with Crippen molar-refractivity contribution in [2.24, 2.45) is 0 Å². The Morgan fingerprint density at radius 2 is 1.93 bits per heavy atom. The van der Waals surface area contributed by atoms with E-state index < -0.39 is 12.6 Å². The van der Waals surface area contributed by atoms with Gasteiger partial charge >= 0.3 is 5.97 Å². The first-order chi connectivity index (χ1) is 13.3. The number of carbonyl (C=O) groups excluding carboxylic acids is 2. The van der Waals surface area contributed by atoms with Gasteiger partial charge in [0.05, 0.1) is 29.1 Å². The van der Waals surface area contributed by atoms with Gasteiger partial charge in [0.25, 0.3) is 0 Å². The molecule has 2 heterocycles. The number of nitrogens with zero attached hydrogens (tertiary/aromatic N) is 1. The van der Waals surface area contributed by atoms with Crippen molar-refractivity contribution in [2.45, 2.75) is 20.4 Å². The Balaban J connectivity index is 1.73. The van der Waals surface area contributed by atoms with Gasteiger partial charge in [0.2, 0.25) is 5.78 Å². The Morgan fingerprint density at radius 3 is 2.61 bits per heavy atom. The molecule has 0 aliphatic rings. The second-order valence-corrected chi connectivity index (χ2v) is 7.14. The average molecular weight is 421 g/mol. The number of nitrogens with two attached hydrogens (primary N) is 1. The van der Waals surface area contributed by atoms with Crippen molar-refractivity contribution in [3.8, 4) is 0 Å². The third-order valence-corrected chi connectivity index (χ3v) is 4.95. The van der Waals surface area contributed by atoms with Crippen LogP contribution in [0.4, 0.5) is 5.69 Å². The molecule has 0 bridgehead atoms. The van der Waals surface area contributed by atoms with Gasteiger partial charge in [0.15, 0.2) is 6.61 Å². The summed E-state index contributed by atoms with van der Waals surface area (Å²) in [7, 11) is 0. The van der Waals surface area contributed by atoms with Crippen LogP contribution in [0.25, 0.3) is 0 Å². The molecular formula is C20H18Cl2N2O4. The highest BCUT2D eigenvalue weighted by Crippen LogP contribution is 2.28. The number of ketones is 1. The summed E-state index contributed by atoms with van der Waals surface area (Å²) in [6.07, 6.45) is 1.60. The number of hydrogen-bond donors (Lipinski definition) is 1. The number of Topliss-reactive ketones (excluding diaryl/α,β-unsaturated/α-hetero) is 1. The molecule has 0 amide bonds. The minimum Gasteiger partial charge on any atom is -0.467 e. The quantitative estimate of drug-likeness (QED) is 0.355. The first kappa shape index (κ1) is 20.0. The Morgan fingerprint density at radius 1 is 1.18 bits per heavy atom. The Hall–Kier alpha value is -2.70. The van der Waals surface area contributed by atoms with Gasteiger partial charge in [-0.05, 0) is 44.2 Å². The highest BCUT2D eigenvalue weighted by Gasteiger charge is 2.20. The van der Waals surface area contributed by atoms with Gasteiger partial charge in [0.1, 0.15) is 5.76 Å². The van der Waals surface area contributed by atoms with Crippen molar-refractivity contribution in [1.82, 2.24) is 4.57 Å². The highest BCUT2D eigenvalue weighted by atomic mass is 35.5. The van der Waals surface area contributed by atoms with E-state index in [0.717, 1.165) is 17.1 Å². The largest absolute Gasteiger partial charge is 0.467 e. The summed E-state index contributed by atoms with van der Waals surface area (Å²) >= 11 is 11.8. The summed E-state index contributed by atoms with van der Waals surface area (Å²) in [6.45, 7) is 3.82. The Kier molecular flexibility index (Phi) is 5.82. The minimum atomic E-state index is -0.764. The molecule has 0 unspecified atom stereocenters. The molecule has 0 atom stereocenters. The molecule has 0 fully saturated rings. The fourth-order valence-corrected chi connectivity index (χ4v) is 3.42. The van der Waals surface area contributed by atoms with Crippen LogP contribution in [0.1, 0.15) is 37.9 Å². The molecule has 0 saturated heterocycles. The summed E-state index contributed by atoms with van der Waals surface area (Å²) in [5.41, 5.74) is 8.01. The fraction of sp³-hybridized carbons (Fsp3) is 0.200. The van der Waals surface area contributed by atoms with Crippen molar-refractivity contribution >= 4 is 40.6 Å². The molecule has 3 aromatic rings. The third kappa shape index (κ3) is 4.08. The van der Waals surface area contributed by atoms with Gasteiger partial charge in [-0.25, -0.2) is 4.79 Å². The predicted molar refractivity (Wildman–Crippen MR) is 107 cm³/mol. The summed E-state index contributed by atoms with van der Waals surface area (Å²) < 4.78 is 12.5. The zero-order valence-electron chi connectivity index (χ0n) is 15.3. The van der Waals surface area contributed by atoms with Crippen LogP contribution in [-0.4, -0.2) is 22.9 Å². The van der Waals surface area contributed by atoms with Crippen molar-refractivity contribution in [3.63, 3.8) is 0 Å². The van der Waals surface area contributed by atoms with Crippen molar-refractivity contribution < 1.29 is 18.7 Å². The number of nitrogen functional groups attached to an aromatic ring is 1. The van der Waals surface area contributed by atoms with E-state index in [0.29, 0.717) is 12.1 Å². The lowest BCUT2D eigenvalue weighted by atomic mass is 10.1. The minimum absolute atomic E-state index is 0.0218. The first-order valence-corrected chi connectivity index (χ1v) is 9.17. The molecule has 2 aromatic heterocycles. The number of esters is 1. The molecule has 0 aliphatic carbocycles. The van der Waals surface area contributed by atoms with E-state index in [-0.39, 0.29) is 27.1 Å². The normalized spacial score (nSPS) is 10.9. The molecule has 0 aliphatic heterocycles. The predicted octanol–water partition coefficient (Wildman–Crippen LogP) is 4.67. The van der Waals surface area contributed by atoms with E-state index in [1.54, 1.807) is 12.3 Å². The molecule has 3 rings (SSSR count). The summed E-state index contributed by atoms with van der Waals surface area (Å²) in [4.78, 5) is 24.9. The molecule has 146 valence electrons. The Labute approximate surface area is 171 Å². The average Bonchev–Trinajstić information content (AvgIpc) is 3.26. The van der Waals surface area contributed by atoms with Crippen LogP contribution >= 0.6 is 23.2 Å². The molecule has 6 nitrogen and oxygen atoms in total. The summed E-state index contributed by atoms with van der Waals surface area (Å²) in [5.74, 6) is -0.306. The van der Waals surface area contributed by atoms with Gasteiger partial charge in [0, 0.05) is 22.0 Å². The number of furan rings is 1. The summed E-state index contributed by atoms with van der Waals surface area (Å²) in [5, 5.41) is 0.395. The number of halogens is 2.